The van der Waals surface area contributed by atoms with E-state index >= 15 is 0 Å². The summed E-state index contributed by atoms with van der Waals surface area (Å²) in [6, 6.07) is 0.276. The van der Waals surface area contributed by atoms with Crippen LogP contribution in [-0.2, 0) is 11.3 Å². The van der Waals surface area contributed by atoms with Crippen molar-refractivity contribution in [3.8, 4) is 0 Å². The smallest absolute Gasteiger partial charge is 0.320 e. The average molecular weight is 263 g/mol. The second-order valence-corrected chi connectivity index (χ2v) is 5.70. The molecule has 2 heterocycles. The fourth-order valence-corrected chi connectivity index (χ4v) is 2.98. The molecule has 1 aromatic rings. The summed E-state index contributed by atoms with van der Waals surface area (Å²) in [6.45, 7) is 1.60. The molecule has 5 nitrogen and oxygen atoms in total. The van der Waals surface area contributed by atoms with Crippen LogP contribution < -0.4 is 0 Å². The van der Waals surface area contributed by atoms with Gasteiger partial charge in [0, 0.05) is 18.8 Å². The summed E-state index contributed by atoms with van der Waals surface area (Å²) >= 11 is 0. The number of nitrogens with zero attached hydrogens (tertiary/aromatic N) is 3. The Balaban J connectivity index is 1.74. The molecule has 1 aromatic heterocycles. The first-order chi connectivity index (χ1) is 9.25. The summed E-state index contributed by atoms with van der Waals surface area (Å²) in [5, 5.41) is 9.39. The second kappa shape index (κ2) is 5.33. The molecule has 0 bridgehead atoms. The molecule has 0 amide bonds. The van der Waals surface area contributed by atoms with Crippen LogP contribution in [0.25, 0.3) is 0 Å². The van der Waals surface area contributed by atoms with Gasteiger partial charge in [0.15, 0.2) is 0 Å². The van der Waals surface area contributed by atoms with E-state index in [0.29, 0.717) is 12.6 Å². The van der Waals surface area contributed by atoms with Crippen molar-refractivity contribution >= 4 is 5.97 Å². The summed E-state index contributed by atoms with van der Waals surface area (Å²) in [5.74, 6) is -0.681. The topological polar surface area (TPSA) is 58.4 Å². The minimum Gasteiger partial charge on any atom is -0.480 e. The average Bonchev–Trinajstić information content (AvgIpc) is 3.15. The van der Waals surface area contributed by atoms with Crippen molar-refractivity contribution in [2.24, 2.45) is 0 Å². The van der Waals surface area contributed by atoms with Crippen molar-refractivity contribution in [1.82, 2.24) is 14.5 Å². The molecular weight excluding hydrogens is 242 g/mol. The van der Waals surface area contributed by atoms with Crippen LogP contribution >= 0.6 is 0 Å². The van der Waals surface area contributed by atoms with Crippen LogP contribution in [0.3, 0.4) is 0 Å². The fraction of sp³-hybridized carbons (Fsp3) is 0.714. The van der Waals surface area contributed by atoms with E-state index in [1.807, 2.05) is 12.5 Å². The van der Waals surface area contributed by atoms with Crippen LogP contribution in [0.4, 0.5) is 0 Å². The number of carboxylic acids is 1. The molecule has 2 fully saturated rings. The number of carbonyl (C=O) groups is 1. The highest BCUT2D eigenvalue weighted by atomic mass is 16.4. The number of imidazole rings is 1. The molecule has 0 spiro atoms. The fourth-order valence-electron chi connectivity index (χ4n) is 2.98. The van der Waals surface area contributed by atoms with Crippen molar-refractivity contribution in [3.05, 3.63) is 18.2 Å². The molecule has 1 saturated carbocycles. The van der Waals surface area contributed by atoms with Crippen LogP contribution in [0.15, 0.2) is 12.5 Å². The Morgan fingerprint density at radius 1 is 1.32 bits per heavy atom. The summed E-state index contributed by atoms with van der Waals surface area (Å²) in [5.41, 5.74) is 1.16. The monoisotopic (exact) mass is 263 g/mol. The molecule has 2 aliphatic rings. The van der Waals surface area contributed by atoms with Crippen LogP contribution in [-0.4, -0.2) is 38.1 Å². The first-order valence-corrected chi connectivity index (χ1v) is 7.23. The van der Waals surface area contributed by atoms with Gasteiger partial charge in [0.1, 0.15) is 6.04 Å². The normalized spacial score (nSPS) is 25.2. The maximum absolute atomic E-state index is 11.4. The van der Waals surface area contributed by atoms with E-state index in [-0.39, 0.29) is 6.04 Å². The third-order valence-electron chi connectivity index (χ3n) is 4.20. The Morgan fingerprint density at radius 2 is 2.16 bits per heavy atom. The summed E-state index contributed by atoms with van der Waals surface area (Å²) in [6.07, 6.45) is 10.3. The lowest BCUT2D eigenvalue weighted by Crippen LogP contribution is -2.40. The number of hydrogen-bond donors (Lipinski definition) is 1. The quantitative estimate of drug-likeness (QED) is 0.903. The van der Waals surface area contributed by atoms with Gasteiger partial charge in [0.25, 0.3) is 0 Å². The van der Waals surface area contributed by atoms with Crippen molar-refractivity contribution in [2.75, 3.05) is 6.54 Å². The Kier molecular flexibility index (Phi) is 3.55. The molecular formula is C14H21N3O2. The maximum atomic E-state index is 11.4. The minimum absolute atomic E-state index is 0.329. The maximum Gasteiger partial charge on any atom is 0.320 e. The molecule has 1 N–H and O–H groups in total. The van der Waals surface area contributed by atoms with Crippen molar-refractivity contribution < 1.29 is 9.90 Å². The number of aliphatic carboxylic acids is 1. The van der Waals surface area contributed by atoms with Gasteiger partial charge in [-0.25, -0.2) is 4.98 Å². The molecule has 1 aliphatic heterocycles. The zero-order chi connectivity index (χ0) is 13.2. The van der Waals surface area contributed by atoms with Crippen LogP contribution in [0, 0.1) is 0 Å². The van der Waals surface area contributed by atoms with E-state index in [2.05, 4.69) is 14.5 Å². The third-order valence-corrected chi connectivity index (χ3v) is 4.20. The Labute approximate surface area is 113 Å². The van der Waals surface area contributed by atoms with Crippen molar-refractivity contribution in [3.63, 3.8) is 0 Å². The minimum atomic E-state index is -0.681. The Bertz CT molecular complexity index is 453. The van der Waals surface area contributed by atoms with Crippen LogP contribution in [0.5, 0.6) is 0 Å². The molecule has 104 valence electrons. The van der Waals surface area contributed by atoms with Gasteiger partial charge in [-0.3, -0.25) is 9.69 Å². The first kappa shape index (κ1) is 12.7. The molecule has 1 saturated heterocycles. The zero-order valence-electron chi connectivity index (χ0n) is 11.2. The first-order valence-electron chi connectivity index (χ1n) is 7.23. The predicted octanol–water partition coefficient (Wildman–Crippen LogP) is 2.05. The number of hydrogen-bond acceptors (Lipinski definition) is 3. The summed E-state index contributed by atoms with van der Waals surface area (Å²) < 4.78 is 2.23. The molecule has 0 aromatic carbocycles. The SMILES string of the molecule is O=C(O)C1CCCCCN1Cc1cncn1C1CC1. The van der Waals surface area contributed by atoms with E-state index in [0.717, 1.165) is 37.9 Å². The Morgan fingerprint density at radius 3 is 2.89 bits per heavy atom. The standard InChI is InChI=1S/C14H21N3O2/c18-14(19)13-4-2-1-3-7-16(13)9-12-8-15-10-17(12)11-5-6-11/h8,10-11,13H,1-7,9H2,(H,18,19). The molecule has 1 unspecified atom stereocenters. The largest absolute Gasteiger partial charge is 0.480 e. The highest BCUT2D eigenvalue weighted by Gasteiger charge is 2.30. The highest BCUT2D eigenvalue weighted by molar-refractivity contribution is 5.73. The lowest BCUT2D eigenvalue weighted by Gasteiger charge is -2.26. The van der Waals surface area contributed by atoms with E-state index in [4.69, 9.17) is 0 Å². The molecule has 1 atom stereocenters. The van der Waals surface area contributed by atoms with E-state index in [1.54, 1.807) is 0 Å². The highest BCUT2D eigenvalue weighted by Crippen LogP contribution is 2.36. The van der Waals surface area contributed by atoms with Gasteiger partial charge in [-0.2, -0.15) is 0 Å². The second-order valence-electron chi connectivity index (χ2n) is 5.70. The molecule has 3 rings (SSSR count). The zero-order valence-corrected chi connectivity index (χ0v) is 11.2. The van der Waals surface area contributed by atoms with Crippen molar-refractivity contribution in [1.29, 1.82) is 0 Å². The Hall–Kier alpha value is -1.36. The molecule has 19 heavy (non-hydrogen) atoms. The van der Waals surface area contributed by atoms with Gasteiger partial charge in [0.05, 0.1) is 12.0 Å². The predicted molar refractivity (Wildman–Crippen MR) is 70.8 cm³/mol. The molecule has 5 heteroatoms. The van der Waals surface area contributed by atoms with Gasteiger partial charge in [-0.15, -0.1) is 0 Å². The number of aromatic nitrogens is 2. The van der Waals surface area contributed by atoms with Gasteiger partial charge >= 0.3 is 5.97 Å². The lowest BCUT2D eigenvalue weighted by atomic mass is 10.1. The van der Waals surface area contributed by atoms with Gasteiger partial charge in [-0.1, -0.05) is 12.8 Å². The van der Waals surface area contributed by atoms with E-state index in [1.165, 1.54) is 12.8 Å². The number of rotatable bonds is 4. The molecule has 0 radical (unpaired) electrons. The molecule has 1 aliphatic carbocycles. The lowest BCUT2D eigenvalue weighted by molar-refractivity contribution is -0.143. The van der Waals surface area contributed by atoms with Crippen LogP contribution in [0.1, 0.15) is 50.3 Å². The summed E-state index contributed by atoms with van der Waals surface area (Å²) in [4.78, 5) is 17.8. The van der Waals surface area contributed by atoms with E-state index < -0.39 is 5.97 Å². The van der Waals surface area contributed by atoms with Gasteiger partial charge in [-0.05, 0) is 32.2 Å². The van der Waals surface area contributed by atoms with Gasteiger partial charge in [0.2, 0.25) is 0 Å². The van der Waals surface area contributed by atoms with Crippen molar-refractivity contribution in [2.45, 2.75) is 57.2 Å². The number of likely N-dealkylation sites (tertiary alicyclic amines) is 1. The van der Waals surface area contributed by atoms with Crippen LogP contribution in [0.2, 0.25) is 0 Å². The van der Waals surface area contributed by atoms with Gasteiger partial charge < -0.3 is 9.67 Å². The summed E-state index contributed by atoms with van der Waals surface area (Å²) in [7, 11) is 0. The number of carboxylic acid groups (broad SMARTS) is 1. The third kappa shape index (κ3) is 2.81. The van der Waals surface area contributed by atoms with E-state index in [9.17, 15) is 9.90 Å².